The predicted octanol–water partition coefficient (Wildman–Crippen LogP) is 3.76. The second kappa shape index (κ2) is 8.51. The maximum absolute atomic E-state index is 12.5. The largest absolute Gasteiger partial charge is 0.340 e. The van der Waals surface area contributed by atoms with Crippen LogP contribution in [-0.4, -0.2) is 38.4 Å². The van der Waals surface area contributed by atoms with Crippen molar-refractivity contribution in [1.82, 2.24) is 19.7 Å². The Hall–Kier alpha value is -2.12. The molecule has 26 heavy (non-hydrogen) atoms. The second-order valence-electron chi connectivity index (χ2n) is 6.17. The van der Waals surface area contributed by atoms with Gasteiger partial charge in [-0.15, -0.1) is 21.5 Å². The highest BCUT2D eigenvalue weighted by atomic mass is 32.2. The van der Waals surface area contributed by atoms with E-state index in [9.17, 15) is 4.79 Å². The second-order valence-corrected chi connectivity index (χ2v) is 8.11. The average molecular weight is 387 g/mol. The molecule has 0 atom stereocenters. The van der Waals surface area contributed by atoms with Gasteiger partial charge in [-0.1, -0.05) is 42.1 Å². The van der Waals surface area contributed by atoms with Crippen molar-refractivity contribution >= 4 is 29.0 Å². The molecule has 0 unspecified atom stereocenters. The highest BCUT2D eigenvalue weighted by Crippen LogP contribution is 2.21. The molecule has 5 nitrogen and oxygen atoms in total. The van der Waals surface area contributed by atoms with E-state index in [4.69, 9.17) is 0 Å². The molecule has 3 rings (SSSR count). The van der Waals surface area contributed by atoms with Gasteiger partial charge in [-0.3, -0.25) is 4.79 Å². The number of thiophene rings is 1. The predicted molar refractivity (Wildman–Crippen MR) is 107 cm³/mol. The number of carbonyl (C=O) groups excluding carboxylic acids is 1. The lowest BCUT2D eigenvalue weighted by Gasteiger charge is -2.16. The van der Waals surface area contributed by atoms with E-state index in [1.54, 1.807) is 16.2 Å². The minimum atomic E-state index is 0.0923. The molecule has 1 amide bonds. The van der Waals surface area contributed by atoms with Crippen molar-refractivity contribution in [2.45, 2.75) is 32.1 Å². The van der Waals surface area contributed by atoms with Gasteiger partial charge >= 0.3 is 0 Å². The first-order chi connectivity index (χ1) is 12.5. The van der Waals surface area contributed by atoms with Gasteiger partial charge in [0.05, 0.1) is 18.8 Å². The van der Waals surface area contributed by atoms with Crippen LogP contribution in [0.2, 0.25) is 0 Å². The topological polar surface area (TPSA) is 51.0 Å². The number of hydrogen-bond acceptors (Lipinski definition) is 5. The first-order valence-corrected chi connectivity index (χ1v) is 10.2. The molecule has 136 valence electrons. The van der Waals surface area contributed by atoms with Gasteiger partial charge in [-0.2, -0.15) is 0 Å². The Kier molecular flexibility index (Phi) is 6.11. The lowest BCUT2D eigenvalue weighted by Crippen LogP contribution is -2.27. The molecule has 2 aromatic heterocycles. The summed E-state index contributed by atoms with van der Waals surface area (Å²) < 4.78 is 2.05. The van der Waals surface area contributed by atoms with Gasteiger partial charge in [0.25, 0.3) is 0 Å². The summed E-state index contributed by atoms with van der Waals surface area (Å²) in [5.74, 6) is 1.30. The van der Waals surface area contributed by atoms with Gasteiger partial charge < -0.3 is 9.47 Å². The summed E-state index contributed by atoms with van der Waals surface area (Å²) in [6.07, 6.45) is 0. The van der Waals surface area contributed by atoms with Crippen LogP contribution in [0.4, 0.5) is 0 Å². The Morgan fingerprint density at radius 2 is 1.96 bits per heavy atom. The van der Waals surface area contributed by atoms with Crippen LogP contribution in [0.1, 0.15) is 21.8 Å². The minimum absolute atomic E-state index is 0.0923. The van der Waals surface area contributed by atoms with Gasteiger partial charge in [-0.25, -0.2) is 0 Å². The van der Waals surface area contributed by atoms with Crippen molar-refractivity contribution in [3.05, 3.63) is 63.6 Å². The standard InChI is InChI=1S/C19H22N4OS2/c1-14-9-10-25-17(14)12-22(3)18(24)13-26-19-21-20-15(2)23(19)11-16-7-5-4-6-8-16/h4-10H,11-13H2,1-3H3. The quantitative estimate of drug-likeness (QED) is 0.580. The zero-order valence-electron chi connectivity index (χ0n) is 15.2. The van der Waals surface area contributed by atoms with E-state index in [1.165, 1.54) is 27.8 Å². The van der Waals surface area contributed by atoms with Crippen LogP contribution in [0, 0.1) is 13.8 Å². The van der Waals surface area contributed by atoms with Crippen molar-refractivity contribution in [2.24, 2.45) is 0 Å². The summed E-state index contributed by atoms with van der Waals surface area (Å²) in [5.41, 5.74) is 2.43. The Balaban J connectivity index is 1.61. The number of nitrogens with zero attached hydrogens (tertiary/aromatic N) is 4. The molecule has 0 bridgehead atoms. The number of amides is 1. The molecule has 0 spiro atoms. The summed E-state index contributed by atoms with van der Waals surface area (Å²) >= 11 is 3.13. The van der Waals surface area contributed by atoms with E-state index >= 15 is 0 Å². The Morgan fingerprint density at radius 3 is 2.65 bits per heavy atom. The van der Waals surface area contributed by atoms with Crippen LogP contribution in [0.25, 0.3) is 0 Å². The fourth-order valence-corrected chi connectivity index (χ4v) is 4.41. The van der Waals surface area contributed by atoms with Crippen LogP contribution in [0.3, 0.4) is 0 Å². The zero-order valence-corrected chi connectivity index (χ0v) is 16.8. The van der Waals surface area contributed by atoms with E-state index < -0.39 is 0 Å². The van der Waals surface area contributed by atoms with Crippen molar-refractivity contribution in [1.29, 1.82) is 0 Å². The number of aryl methyl sites for hydroxylation is 2. The van der Waals surface area contributed by atoms with Crippen LogP contribution < -0.4 is 0 Å². The first kappa shape index (κ1) is 18.7. The van der Waals surface area contributed by atoms with Crippen LogP contribution in [0.15, 0.2) is 46.9 Å². The molecular weight excluding hydrogens is 364 g/mol. The van der Waals surface area contributed by atoms with Gasteiger partial charge in [0.15, 0.2) is 5.16 Å². The number of rotatable bonds is 7. The molecule has 0 saturated carbocycles. The van der Waals surface area contributed by atoms with Crippen molar-refractivity contribution < 1.29 is 4.79 Å². The number of thioether (sulfide) groups is 1. The van der Waals surface area contributed by atoms with E-state index in [0.29, 0.717) is 18.8 Å². The summed E-state index contributed by atoms with van der Waals surface area (Å²) in [6, 6.07) is 12.3. The molecule has 0 radical (unpaired) electrons. The van der Waals surface area contributed by atoms with E-state index in [1.807, 2.05) is 32.2 Å². The molecule has 0 aliphatic heterocycles. The Morgan fingerprint density at radius 1 is 1.19 bits per heavy atom. The van der Waals surface area contributed by atoms with Gasteiger partial charge in [0, 0.05) is 11.9 Å². The van der Waals surface area contributed by atoms with Gasteiger partial charge in [-0.05, 0) is 36.4 Å². The molecule has 1 aromatic carbocycles. The minimum Gasteiger partial charge on any atom is -0.340 e. The van der Waals surface area contributed by atoms with E-state index in [0.717, 1.165) is 11.0 Å². The van der Waals surface area contributed by atoms with Gasteiger partial charge in [0.1, 0.15) is 5.82 Å². The number of benzene rings is 1. The lowest BCUT2D eigenvalue weighted by atomic mass is 10.2. The summed E-state index contributed by atoms with van der Waals surface area (Å²) in [4.78, 5) is 15.5. The van der Waals surface area contributed by atoms with E-state index in [-0.39, 0.29) is 5.91 Å². The Bertz CT molecular complexity index is 873. The lowest BCUT2D eigenvalue weighted by molar-refractivity contribution is -0.127. The molecular formula is C19H22N4OS2. The highest BCUT2D eigenvalue weighted by molar-refractivity contribution is 7.99. The molecule has 0 aliphatic carbocycles. The van der Waals surface area contributed by atoms with Crippen LogP contribution in [0.5, 0.6) is 0 Å². The zero-order chi connectivity index (χ0) is 18.5. The first-order valence-electron chi connectivity index (χ1n) is 8.38. The maximum atomic E-state index is 12.5. The SMILES string of the molecule is Cc1ccsc1CN(C)C(=O)CSc1nnc(C)n1Cc1ccccc1. The molecule has 2 heterocycles. The highest BCUT2D eigenvalue weighted by Gasteiger charge is 2.15. The summed E-state index contributed by atoms with van der Waals surface area (Å²) in [7, 11) is 1.85. The molecule has 3 aromatic rings. The smallest absolute Gasteiger partial charge is 0.233 e. The fraction of sp³-hybridized carbons (Fsp3) is 0.316. The van der Waals surface area contributed by atoms with E-state index in [2.05, 4.69) is 45.3 Å². The third-order valence-electron chi connectivity index (χ3n) is 4.18. The van der Waals surface area contributed by atoms with Crippen molar-refractivity contribution in [3.8, 4) is 0 Å². The normalized spacial score (nSPS) is 10.9. The van der Waals surface area contributed by atoms with Gasteiger partial charge in [0.2, 0.25) is 5.91 Å². The maximum Gasteiger partial charge on any atom is 0.233 e. The Labute approximate surface area is 162 Å². The number of carbonyl (C=O) groups is 1. The monoisotopic (exact) mass is 386 g/mol. The third kappa shape index (κ3) is 4.53. The molecule has 7 heteroatoms. The third-order valence-corrected chi connectivity index (χ3v) is 6.14. The summed E-state index contributed by atoms with van der Waals surface area (Å²) in [6.45, 7) is 5.38. The number of hydrogen-bond donors (Lipinski definition) is 0. The average Bonchev–Trinajstić information content (AvgIpc) is 3.20. The molecule has 0 N–H and O–H groups in total. The van der Waals surface area contributed by atoms with Crippen molar-refractivity contribution in [3.63, 3.8) is 0 Å². The van der Waals surface area contributed by atoms with Crippen LogP contribution in [-0.2, 0) is 17.9 Å². The fourth-order valence-electron chi connectivity index (χ4n) is 2.52. The molecule has 0 fully saturated rings. The van der Waals surface area contributed by atoms with Crippen LogP contribution >= 0.6 is 23.1 Å². The molecule has 0 aliphatic rings. The molecule has 0 saturated heterocycles. The van der Waals surface area contributed by atoms with Crippen molar-refractivity contribution in [2.75, 3.05) is 12.8 Å². The number of aromatic nitrogens is 3. The summed E-state index contributed by atoms with van der Waals surface area (Å²) in [5, 5.41) is 11.3.